The first kappa shape index (κ1) is 11.5. The lowest BCUT2D eigenvalue weighted by molar-refractivity contribution is -0.138. The molecule has 0 aliphatic carbocycles. The number of carbonyl (C=O) groups is 1. The van der Waals surface area contributed by atoms with Crippen LogP contribution in [0.15, 0.2) is 30.3 Å². The van der Waals surface area contributed by atoms with Gasteiger partial charge in [-0.3, -0.25) is 4.79 Å². The molecule has 80 valence electrons. The number of allylic oxidation sites excluding steroid dienone is 1. The van der Waals surface area contributed by atoms with E-state index in [9.17, 15) is 4.79 Å². The Morgan fingerprint density at radius 1 is 1.53 bits per heavy atom. The molecule has 0 radical (unpaired) electrons. The van der Waals surface area contributed by atoms with E-state index >= 15 is 0 Å². The Kier molecular flexibility index (Phi) is 4.06. The van der Waals surface area contributed by atoms with Crippen molar-refractivity contribution in [1.29, 1.82) is 0 Å². The van der Waals surface area contributed by atoms with Crippen LogP contribution < -0.4 is 5.73 Å². The lowest BCUT2D eigenvalue weighted by Gasteiger charge is -2.09. The molecule has 1 atom stereocenters. The van der Waals surface area contributed by atoms with Crippen molar-refractivity contribution in [2.45, 2.75) is 19.4 Å². The number of nitrogens with two attached hydrogens (primary N) is 1. The van der Waals surface area contributed by atoms with Crippen LogP contribution in [0.2, 0.25) is 0 Å². The predicted molar refractivity (Wildman–Crippen MR) is 60.5 cm³/mol. The first-order valence-corrected chi connectivity index (χ1v) is 4.84. The number of rotatable bonds is 4. The molecule has 1 rings (SSSR count). The topological polar surface area (TPSA) is 63.3 Å². The Hall–Kier alpha value is -1.61. The normalized spacial score (nSPS) is 12.9. The molecule has 0 bridgehead atoms. The summed E-state index contributed by atoms with van der Waals surface area (Å²) in [5.41, 5.74) is 7.48. The molecule has 0 aliphatic rings. The molecule has 0 saturated heterocycles. The van der Waals surface area contributed by atoms with Gasteiger partial charge in [-0.25, -0.2) is 0 Å². The predicted octanol–water partition coefficient (Wildman–Crippen LogP) is 1.67. The SMILES string of the molecule is C/C=C/c1ccccc1C[C@@H](N)C(=O)O. The van der Waals surface area contributed by atoms with E-state index in [4.69, 9.17) is 10.8 Å². The smallest absolute Gasteiger partial charge is 0.320 e. The van der Waals surface area contributed by atoms with E-state index < -0.39 is 12.0 Å². The highest BCUT2D eigenvalue weighted by molar-refractivity contribution is 5.74. The molecule has 1 aromatic rings. The van der Waals surface area contributed by atoms with E-state index in [0.29, 0.717) is 6.42 Å². The van der Waals surface area contributed by atoms with E-state index in [1.165, 1.54) is 0 Å². The summed E-state index contributed by atoms with van der Waals surface area (Å²) in [6.45, 7) is 1.92. The number of hydrogen-bond donors (Lipinski definition) is 2. The fraction of sp³-hybridized carbons (Fsp3) is 0.250. The van der Waals surface area contributed by atoms with Crippen molar-refractivity contribution in [3.63, 3.8) is 0 Å². The second-order valence-corrected chi connectivity index (χ2v) is 3.35. The monoisotopic (exact) mass is 205 g/mol. The third-order valence-electron chi connectivity index (χ3n) is 2.16. The molecule has 0 saturated carbocycles. The summed E-state index contributed by atoms with van der Waals surface area (Å²) in [7, 11) is 0. The van der Waals surface area contributed by atoms with Crippen LogP contribution in [-0.2, 0) is 11.2 Å². The second kappa shape index (κ2) is 5.32. The average Bonchev–Trinajstić information content (AvgIpc) is 2.21. The molecule has 15 heavy (non-hydrogen) atoms. The number of carboxylic acid groups (broad SMARTS) is 1. The summed E-state index contributed by atoms with van der Waals surface area (Å²) < 4.78 is 0. The number of aliphatic carboxylic acids is 1. The first-order chi connectivity index (χ1) is 7.15. The van der Waals surface area contributed by atoms with Gasteiger partial charge in [0.25, 0.3) is 0 Å². The summed E-state index contributed by atoms with van der Waals surface area (Å²) >= 11 is 0. The van der Waals surface area contributed by atoms with Gasteiger partial charge in [-0.15, -0.1) is 0 Å². The van der Waals surface area contributed by atoms with Gasteiger partial charge in [-0.2, -0.15) is 0 Å². The maximum absolute atomic E-state index is 10.6. The zero-order valence-electron chi connectivity index (χ0n) is 8.68. The summed E-state index contributed by atoms with van der Waals surface area (Å²) in [6.07, 6.45) is 4.23. The van der Waals surface area contributed by atoms with Crippen LogP contribution in [0.25, 0.3) is 6.08 Å². The van der Waals surface area contributed by atoms with Crippen LogP contribution in [0.3, 0.4) is 0 Å². The molecule has 3 N–H and O–H groups in total. The van der Waals surface area contributed by atoms with Crippen LogP contribution in [0.1, 0.15) is 18.1 Å². The molecule has 3 nitrogen and oxygen atoms in total. The summed E-state index contributed by atoms with van der Waals surface area (Å²) in [6, 6.07) is 6.82. The van der Waals surface area contributed by atoms with Crippen LogP contribution in [0.4, 0.5) is 0 Å². The molecule has 1 aromatic carbocycles. The van der Waals surface area contributed by atoms with Gasteiger partial charge in [0.1, 0.15) is 6.04 Å². The van der Waals surface area contributed by atoms with E-state index in [1.54, 1.807) is 0 Å². The van der Waals surface area contributed by atoms with Gasteiger partial charge in [0.05, 0.1) is 0 Å². The molecule has 3 heteroatoms. The minimum atomic E-state index is -0.967. The Bertz CT molecular complexity index is 372. The highest BCUT2D eigenvalue weighted by atomic mass is 16.4. The largest absolute Gasteiger partial charge is 0.480 e. The quantitative estimate of drug-likeness (QED) is 0.786. The number of hydrogen-bond acceptors (Lipinski definition) is 2. The highest BCUT2D eigenvalue weighted by Gasteiger charge is 2.13. The lowest BCUT2D eigenvalue weighted by atomic mass is 10.0. The summed E-state index contributed by atoms with van der Waals surface area (Å²) in [4.78, 5) is 10.6. The van der Waals surface area contributed by atoms with Gasteiger partial charge in [0.15, 0.2) is 0 Å². The average molecular weight is 205 g/mol. The van der Waals surface area contributed by atoms with E-state index in [1.807, 2.05) is 43.3 Å². The van der Waals surface area contributed by atoms with Crippen molar-refractivity contribution < 1.29 is 9.90 Å². The molecular formula is C12H15NO2. The fourth-order valence-electron chi connectivity index (χ4n) is 1.39. The van der Waals surface area contributed by atoms with Crippen LogP contribution in [0.5, 0.6) is 0 Å². The lowest BCUT2D eigenvalue weighted by Crippen LogP contribution is -2.32. The Morgan fingerprint density at radius 2 is 2.20 bits per heavy atom. The fourth-order valence-corrected chi connectivity index (χ4v) is 1.39. The summed E-state index contributed by atoms with van der Waals surface area (Å²) in [5, 5.41) is 8.72. The van der Waals surface area contributed by atoms with Gasteiger partial charge in [0.2, 0.25) is 0 Å². The van der Waals surface area contributed by atoms with Gasteiger partial charge in [-0.05, 0) is 24.5 Å². The Labute approximate surface area is 89.2 Å². The van der Waals surface area contributed by atoms with Crippen molar-refractivity contribution in [3.05, 3.63) is 41.5 Å². The van der Waals surface area contributed by atoms with Gasteiger partial charge in [-0.1, -0.05) is 36.4 Å². The van der Waals surface area contributed by atoms with Crippen molar-refractivity contribution in [3.8, 4) is 0 Å². The molecular weight excluding hydrogens is 190 g/mol. The molecule has 0 fully saturated rings. The zero-order chi connectivity index (χ0) is 11.3. The molecule has 0 unspecified atom stereocenters. The zero-order valence-corrected chi connectivity index (χ0v) is 8.68. The third kappa shape index (κ3) is 3.22. The van der Waals surface area contributed by atoms with E-state index in [-0.39, 0.29) is 0 Å². The molecule has 0 heterocycles. The van der Waals surface area contributed by atoms with E-state index in [0.717, 1.165) is 11.1 Å². The highest BCUT2D eigenvalue weighted by Crippen LogP contribution is 2.12. The van der Waals surface area contributed by atoms with Crippen molar-refractivity contribution in [1.82, 2.24) is 0 Å². The van der Waals surface area contributed by atoms with Crippen molar-refractivity contribution in [2.75, 3.05) is 0 Å². The van der Waals surface area contributed by atoms with Gasteiger partial charge >= 0.3 is 5.97 Å². The minimum absolute atomic E-state index is 0.357. The van der Waals surface area contributed by atoms with Crippen LogP contribution >= 0.6 is 0 Å². The molecule has 0 aromatic heterocycles. The van der Waals surface area contributed by atoms with Crippen molar-refractivity contribution in [2.24, 2.45) is 5.73 Å². The standard InChI is InChI=1S/C12H15NO2/c1-2-5-9-6-3-4-7-10(9)8-11(13)12(14)15/h2-7,11H,8,13H2,1H3,(H,14,15)/b5-2+/t11-/m1/s1. The number of benzene rings is 1. The minimum Gasteiger partial charge on any atom is -0.480 e. The van der Waals surface area contributed by atoms with Gasteiger partial charge in [0, 0.05) is 0 Å². The van der Waals surface area contributed by atoms with Crippen LogP contribution in [0, 0.1) is 0 Å². The van der Waals surface area contributed by atoms with Crippen LogP contribution in [-0.4, -0.2) is 17.1 Å². The summed E-state index contributed by atoms with van der Waals surface area (Å²) in [5.74, 6) is -0.967. The second-order valence-electron chi connectivity index (χ2n) is 3.35. The Balaban J connectivity index is 2.88. The maximum atomic E-state index is 10.6. The third-order valence-corrected chi connectivity index (χ3v) is 2.16. The molecule has 0 spiro atoms. The number of carboxylic acids is 1. The van der Waals surface area contributed by atoms with Crippen molar-refractivity contribution >= 4 is 12.0 Å². The van der Waals surface area contributed by atoms with Gasteiger partial charge < -0.3 is 10.8 Å². The van der Waals surface area contributed by atoms with E-state index in [2.05, 4.69) is 0 Å². The maximum Gasteiger partial charge on any atom is 0.320 e. The Morgan fingerprint density at radius 3 is 2.80 bits per heavy atom. The molecule has 0 amide bonds. The molecule has 0 aliphatic heterocycles. The first-order valence-electron chi connectivity index (χ1n) is 4.84.